The summed E-state index contributed by atoms with van der Waals surface area (Å²) >= 11 is 2.52. The highest BCUT2D eigenvalue weighted by Gasteiger charge is 2.21. The molecule has 0 unspecified atom stereocenters. The van der Waals surface area contributed by atoms with E-state index in [-0.39, 0.29) is 11.5 Å². The average Bonchev–Trinajstić information content (AvgIpc) is 3.23. The minimum absolute atomic E-state index is 0.257. The van der Waals surface area contributed by atoms with E-state index in [9.17, 15) is 9.18 Å². The van der Waals surface area contributed by atoms with E-state index >= 15 is 0 Å². The number of methoxy groups -OCH3 is 1. The van der Waals surface area contributed by atoms with Crippen molar-refractivity contribution in [3.05, 3.63) is 58.9 Å². The van der Waals surface area contributed by atoms with Crippen molar-refractivity contribution < 1.29 is 13.9 Å². The van der Waals surface area contributed by atoms with Gasteiger partial charge in [-0.25, -0.2) is 14.4 Å². The lowest BCUT2D eigenvalue weighted by atomic mass is 10.2. The molecule has 2 aromatic heterocycles. The third kappa shape index (κ3) is 3.29. The standard InChI is InChI=1S/C19H14FN3O2S2/c1-10-16(17(24)23-19-22-12-7-3-4-9-14(12)26-19)27-18(21-10)15-11(20)6-5-8-13(15)25-2/h3-9H,1-2H3,(H,22,23,24). The molecule has 136 valence electrons. The molecule has 1 N–H and O–H groups in total. The number of fused-ring (bicyclic) bond motifs is 1. The highest BCUT2D eigenvalue weighted by molar-refractivity contribution is 7.22. The third-order valence-corrected chi connectivity index (χ3v) is 6.05. The fourth-order valence-electron chi connectivity index (χ4n) is 2.68. The molecule has 1 amide bonds. The summed E-state index contributed by atoms with van der Waals surface area (Å²) in [5, 5.41) is 3.72. The Kier molecular flexibility index (Phi) is 4.59. The summed E-state index contributed by atoms with van der Waals surface area (Å²) < 4.78 is 20.5. The molecule has 8 heteroatoms. The molecule has 2 heterocycles. The third-order valence-electron chi connectivity index (χ3n) is 3.93. The van der Waals surface area contributed by atoms with Crippen molar-refractivity contribution in [3.63, 3.8) is 0 Å². The lowest BCUT2D eigenvalue weighted by Crippen LogP contribution is -2.11. The fraction of sp³-hybridized carbons (Fsp3) is 0.105. The molecule has 0 aliphatic rings. The molecule has 0 fully saturated rings. The van der Waals surface area contributed by atoms with Crippen LogP contribution in [0.4, 0.5) is 9.52 Å². The zero-order valence-corrected chi connectivity index (χ0v) is 16.1. The Labute approximate surface area is 162 Å². The maximum absolute atomic E-state index is 14.3. The second-order valence-electron chi connectivity index (χ2n) is 5.69. The highest BCUT2D eigenvalue weighted by Crippen LogP contribution is 2.36. The molecule has 0 aliphatic carbocycles. The molecule has 2 aromatic carbocycles. The van der Waals surface area contributed by atoms with Crippen LogP contribution in [0.2, 0.25) is 0 Å². The van der Waals surface area contributed by atoms with Gasteiger partial charge < -0.3 is 4.74 Å². The molecule has 0 spiro atoms. The van der Waals surface area contributed by atoms with Gasteiger partial charge in [0.05, 0.1) is 28.6 Å². The van der Waals surface area contributed by atoms with Crippen LogP contribution in [0.3, 0.4) is 0 Å². The van der Waals surface area contributed by atoms with Crippen molar-refractivity contribution in [2.75, 3.05) is 12.4 Å². The topological polar surface area (TPSA) is 64.1 Å². The number of para-hydroxylation sites is 1. The number of anilines is 1. The Balaban J connectivity index is 1.66. The highest BCUT2D eigenvalue weighted by atomic mass is 32.1. The monoisotopic (exact) mass is 399 g/mol. The van der Waals surface area contributed by atoms with Gasteiger partial charge in [0.25, 0.3) is 5.91 Å². The largest absolute Gasteiger partial charge is 0.496 e. The van der Waals surface area contributed by atoms with Gasteiger partial charge in [0.1, 0.15) is 21.5 Å². The molecule has 0 radical (unpaired) electrons. The molecular weight excluding hydrogens is 385 g/mol. The Morgan fingerprint density at radius 2 is 1.93 bits per heavy atom. The SMILES string of the molecule is COc1cccc(F)c1-c1nc(C)c(C(=O)Nc2nc3ccccc3s2)s1. The predicted molar refractivity (Wildman–Crippen MR) is 106 cm³/mol. The van der Waals surface area contributed by atoms with Gasteiger partial charge in [0.15, 0.2) is 5.13 Å². The number of rotatable bonds is 4. The van der Waals surface area contributed by atoms with Crippen LogP contribution in [-0.2, 0) is 0 Å². The smallest absolute Gasteiger partial charge is 0.269 e. The van der Waals surface area contributed by atoms with Crippen LogP contribution in [-0.4, -0.2) is 23.0 Å². The zero-order chi connectivity index (χ0) is 19.0. The number of nitrogens with one attached hydrogen (secondary N) is 1. The molecule has 4 rings (SSSR count). The lowest BCUT2D eigenvalue weighted by molar-refractivity contribution is 0.103. The van der Waals surface area contributed by atoms with E-state index in [0.717, 1.165) is 21.6 Å². The van der Waals surface area contributed by atoms with Gasteiger partial charge in [-0.1, -0.05) is 29.5 Å². The number of ether oxygens (including phenoxy) is 1. The van der Waals surface area contributed by atoms with Crippen LogP contribution in [0.1, 0.15) is 15.4 Å². The molecular formula is C19H14FN3O2S2. The summed E-state index contributed by atoms with van der Waals surface area (Å²) in [6.45, 7) is 1.72. The second-order valence-corrected chi connectivity index (χ2v) is 7.72. The van der Waals surface area contributed by atoms with E-state index in [4.69, 9.17) is 4.74 Å². The predicted octanol–water partition coefficient (Wildman–Crippen LogP) is 5.13. The number of amides is 1. The number of aryl methyl sites for hydroxylation is 1. The number of benzene rings is 2. The van der Waals surface area contributed by atoms with Crippen LogP contribution in [0.15, 0.2) is 42.5 Å². The number of halogens is 1. The Hall–Kier alpha value is -2.84. The first kappa shape index (κ1) is 17.6. The van der Waals surface area contributed by atoms with Crippen LogP contribution < -0.4 is 10.1 Å². The van der Waals surface area contributed by atoms with Crippen molar-refractivity contribution in [2.45, 2.75) is 6.92 Å². The first-order valence-corrected chi connectivity index (χ1v) is 9.67. The Morgan fingerprint density at radius 3 is 2.70 bits per heavy atom. The molecule has 27 heavy (non-hydrogen) atoms. The van der Waals surface area contributed by atoms with Crippen molar-refractivity contribution in [3.8, 4) is 16.3 Å². The van der Waals surface area contributed by atoms with Crippen molar-refractivity contribution in [1.29, 1.82) is 0 Å². The van der Waals surface area contributed by atoms with Gasteiger partial charge in [-0.05, 0) is 31.2 Å². The van der Waals surface area contributed by atoms with Gasteiger partial charge in [-0.15, -0.1) is 11.3 Å². The lowest BCUT2D eigenvalue weighted by Gasteiger charge is -2.06. The maximum atomic E-state index is 14.3. The van der Waals surface area contributed by atoms with E-state index in [1.54, 1.807) is 19.1 Å². The van der Waals surface area contributed by atoms with Crippen LogP contribution in [0.5, 0.6) is 5.75 Å². The number of hydrogen-bond acceptors (Lipinski definition) is 6. The minimum Gasteiger partial charge on any atom is -0.496 e. The maximum Gasteiger partial charge on any atom is 0.269 e. The van der Waals surface area contributed by atoms with Gasteiger partial charge in [0, 0.05) is 0 Å². The molecule has 4 aromatic rings. The van der Waals surface area contributed by atoms with Crippen LogP contribution in [0.25, 0.3) is 20.8 Å². The fourth-order valence-corrected chi connectivity index (χ4v) is 4.55. The van der Waals surface area contributed by atoms with E-state index in [1.165, 1.54) is 24.5 Å². The van der Waals surface area contributed by atoms with Gasteiger partial charge in [-0.3, -0.25) is 10.1 Å². The minimum atomic E-state index is -0.443. The summed E-state index contributed by atoms with van der Waals surface area (Å²) in [6.07, 6.45) is 0. The van der Waals surface area contributed by atoms with Gasteiger partial charge in [-0.2, -0.15) is 0 Å². The molecule has 0 bridgehead atoms. The normalized spacial score (nSPS) is 10.9. The number of carbonyl (C=O) groups excluding carboxylic acids is 1. The second kappa shape index (κ2) is 7.05. The number of hydrogen-bond donors (Lipinski definition) is 1. The molecule has 5 nitrogen and oxygen atoms in total. The first-order valence-electron chi connectivity index (χ1n) is 8.04. The first-order chi connectivity index (χ1) is 13.1. The molecule has 0 aliphatic heterocycles. The summed E-state index contributed by atoms with van der Waals surface area (Å²) in [5.74, 6) is -0.381. The zero-order valence-electron chi connectivity index (χ0n) is 14.4. The number of nitrogens with zero attached hydrogens (tertiary/aromatic N) is 2. The quantitative estimate of drug-likeness (QED) is 0.517. The molecule has 0 saturated heterocycles. The van der Waals surface area contributed by atoms with Gasteiger partial charge in [0.2, 0.25) is 0 Å². The van der Waals surface area contributed by atoms with E-state index in [2.05, 4.69) is 15.3 Å². The summed E-state index contributed by atoms with van der Waals surface area (Å²) in [6, 6.07) is 12.2. The van der Waals surface area contributed by atoms with Crippen molar-refractivity contribution in [1.82, 2.24) is 9.97 Å². The van der Waals surface area contributed by atoms with Gasteiger partial charge >= 0.3 is 0 Å². The molecule has 0 saturated carbocycles. The summed E-state index contributed by atoms with van der Waals surface area (Å²) in [5.41, 5.74) is 1.61. The van der Waals surface area contributed by atoms with E-state index in [0.29, 0.717) is 26.5 Å². The Bertz CT molecular complexity index is 1120. The Morgan fingerprint density at radius 1 is 1.11 bits per heavy atom. The van der Waals surface area contributed by atoms with Crippen LogP contribution in [0, 0.1) is 12.7 Å². The summed E-state index contributed by atoms with van der Waals surface area (Å²) in [4.78, 5) is 21.9. The number of thiazole rings is 2. The van der Waals surface area contributed by atoms with E-state index < -0.39 is 5.82 Å². The van der Waals surface area contributed by atoms with Crippen molar-refractivity contribution >= 4 is 43.9 Å². The van der Waals surface area contributed by atoms with Crippen molar-refractivity contribution in [2.24, 2.45) is 0 Å². The van der Waals surface area contributed by atoms with Crippen LogP contribution >= 0.6 is 22.7 Å². The number of carbonyl (C=O) groups is 1. The van der Waals surface area contributed by atoms with E-state index in [1.807, 2.05) is 24.3 Å². The summed E-state index contributed by atoms with van der Waals surface area (Å²) in [7, 11) is 1.47. The average molecular weight is 399 g/mol. The number of aromatic nitrogens is 2. The molecule has 0 atom stereocenters.